The largest absolute Gasteiger partial charge is 0.454 e. The Morgan fingerprint density at radius 2 is 2.18 bits per heavy atom. The van der Waals surface area contributed by atoms with Gasteiger partial charge in [-0.05, 0) is 25.1 Å². The van der Waals surface area contributed by atoms with Crippen molar-refractivity contribution in [1.82, 2.24) is 4.98 Å². The van der Waals surface area contributed by atoms with Gasteiger partial charge in [-0.1, -0.05) is 0 Å². The van der Waals surface area contributed by atoms with Crippen LogP contribution in [0.3, 0.4) is 0 Å². The lowest BCUT2D eigenvalue weighted by molar-refractivity contribution is 0.174. The van der Waals surface area contributed by atoms with Crippen LogP contribution in [-0.4, -0.2) is 16.9 Å². The summed E-state index contributed by atoms with van der Waals surface area (Å²) in [6.45, 7) is 2.21. The Balaban J connectivity index is 2.03. The van der Waals surface area contributed by atoms with E-state index in [0.717, 1.165) is 32.6 Å². The number of aryl methyl sites for hydroxylation is 1. The minimum atomic E-state index is -0.0209. The molecule has 0 atom stereocenters. The van der Waals surface area contributed by atoms with Gasteiger partial charge in [-0.2, -0.15) is 0 Å². The van der Waals surface area contributed by atoms with E-state index in [9.17, 15) is 0 Å². The minimum absolute atomic E-state index is 0.0209. The second-order valence-electron chi connectivity index (χ2n) is 3.75. The molecule has 0 saturated heterocycles. The van der Waals surface area contributed by atoms with Crippen LogP contribution in [-0.2, 0) is 6.61 Å². The number of nitrogens with zero attached hydrogens (tertiary/aromatic N) is 1. The molecule has 3 rings (SSSR count). The summed E-state index contributed by atoms with van der Waals surface area (Å²) in [4.78, 5) is 5.44. The highest BCUT2D eigenvalue weighted by Crippen LogP contribution is 2.37. The highest BCUT2D eigenvalue weighted by atomic mass is 32.1. The monoisotopic (exact) mass is 249 g/mol. The average molecular weight is 249 g/mol. The molecule has 1 aliphatic rings. The molecule has 0 saturated carbocycles. The third kappa shape index (κ3) is 1.77. The molecule has 1 aliphatic heterocycles. The van der Waals surface area contributed by atoms with Crippen molar-refractivity contribution in [2.24, 2.45) is 0 Å². The highest BCUT2D eigenvalue weighted by molar-refractivity contribution is 7.15. The number of aliphatic hydroxyl groups is 1. The molecule has 17 heavy (non-hydrogen) atoms. The molecule has 1 aromatic carbocycles. The Bertz CT molecular complexity index is 565. The van der Waals surface area contributed by atoms with Crippen molar-refractivity contribution in [3.8, 4) is 22.1 Å². The molecule has 2 heterocycles. The van der Waals surface area contributed by atoms with Gasteiger partial charge in [0.05, 0.1) is 12.3 Å². The molecule has 0 aliphatic carbocycles. The van der Waals surface area contributed by atoms with Crippen LogP contribution in [0.25, 0.3) is 10.6 Å². The molecule has 0 radical (unpaired) electrons. The van der Waals surface area contributed by atoms with Gasteiger partial charge in [-0.3, -0.25) is 0 Å². The Hall–Kier alpha value is -1.59. The fraction of sp³-hybridized carbons (Fsp3) is 0.250. The lowest BCUT2D eigenvalue weighted by Gasteiger charge is -1.98. The zero-order valence-electron chi connectivity index (χ0n) is 9.27. The number of aliphatic hydroxyl groups excluding tert-OH is 1. The molecule has 0 unspecified atom stereocenters. The maximum absolute atomic E-state index is 9.13. The van der Waals surface area contributed by atoms with E-state index in [2.05, 4.69) is 4.98 Å². The first-order valence-electron chi connectivity index (χ1n) is 5.25. The number of rotatable bonds is 2. The van der Waals surface area contributed by atoms with Crippen molar-refractivity contribution < 1.29 is 14.6 Å². The van der Waals surface area contributed by atoms with Crippen molar-refractivity contribution >= 4 is 11.3 Å². The lowest BCUT2D eigenvalue weighted by atomic mass is 10.2. The Kier molecular flexibility index (Phi) is 2.49. The van der Waals surface area contributed by atoms with Crippen LogP contribution in [0.4, 0.5) is 0 Å². The van der Waals surface area contributed by atoms with Gasteiger partial charge < -0.3 is 14.6 Å². The van der Waals surface area contributed by atoms with Gasteiger partial charge in [0.25, 0.3) is 0 Å². The number of hydrogen-bond donors (Lipinski definition) is 1. The first kappa shape index (κ1) is 10.6. The van der Waals surface area contributed by atoms with Crippen LogP contribution in [0.1, 0.15) is 10.6 Å². The molecule has 88 valence electrons. The molecular weight excluding hydrogens is 238 g/mol. The maximum Gasteiger partial charge on any atom is 0.231 e. The van der Waals surface area contributed by atoms with Crippen molar-refractivity contribution in [3.63, 3.8) is 0 Å². The van der Waals surface area contributed by atoms with Gasteiger partial charge in [-0.15, -0.1) is 11.3 Å². The summed E-state index contributed by atoms with van der Waals surface area (Å²) in [6, 6.07) is 5.75. The summed E-state index contributed by atoms with van der Waals surface area (Å²) < 4.78 is 10.6. The Labute approximate surface area is 102 Å². The van der Waals surface area contributed by atoms with Crippen molar-refractivity contribution in [1.29, 1.82) is 0 Å². The molecule has 4 nitrogen and oxygen atoms in total. The van der Waals surface area contributed by atoms with E-state index in [-0.39, 0.29) is 13.4 Å². The SMILES string of the molecule is Cc1sc(-c2ccc3c(c2)OCO3)nc1CO. The standard InChI is InChI=1S/C12H11NO3S/c1-7-9(5-14)13-12(17-7)8-2-3-10-11(4-8)16-6-15-10/h2-4,14H,5-6H2,1H3. The van der Waals surface area contributed by atoms with E-state index in [0.29, 0.717) is 0 Å². The third-order valence-corrected chi connectivity index (χ3v) is 3.72. The highest BCUT2D eigenvalue weighted by Gasteiger charge is 2.16. The predicted octanol–water partition coefficient (Wildman–Crippen LogP) is 2.34. The van der Waals surface area contributed by atoms with Gasteiger partial charge >= 0.3 is 0 Å². The second kappa shape index (κ2) is 4.01. The molecule has 0 spiro atoms. The second-order valence-corrected chi connectivity index (χ2v) is 4.95. The molecule has 0 fully saturated rings. The average Bonchev–Trinajstić information content (AvgIpc) is 2.93. The van der Waals surface area contributed by atoms with E-state index in [1.54, 1.807) is 11.3 Å². The van der Waals surface area contributed by atoms with Crippen LogP contribution in [0.15, 0.2) is 18.2 Å². The summed E-state index contributed by atoms with van der Waals surface area (Å²) in [7, 11) is 0. The number of benzene rings is 1. The van der Waals surface area contributed by atoms with Crippen LogP contribution in [0.5, 0.6) is 11.5 Å². The van der Waals surface area contributed by atoms with Crippen LogP contribution in [0.2, 0.25) is 0 Å². The summed E-state index contributed by atoms with van der Waals surface area (Å²) in [5.74, 6) is 1.52. The smallest absolute Gasteiger partial charge is 0.231 e. The van der Waals surface area contributed by atoms with E-state index >= 15 is 0 Å². The van der Waals surface area contributed by atoms with E-state index < -0.39 is 0 Å². The summed E-state index contributed by atoms with van der Waals surface area (Å²) in [6.07, 6.45) is 0. The van der Waals surface area contributed by atoms with E-state index in [4.69, 9.17) is 14.6 Å². The quantitative estimate of drug-likeness (QED) is 0.887. The molecule has 0 amide bonds. The number of aromatic nitrogens is 1. The van der Waals surface area contributed by atoms with Gasteiger partial charge in [0.15, 0.2) is 11.5 Å². The van der Waals surface area contributed by atoms with Crippen molar-refractivity contribution in [2.45, 2.75) is 13.5 Å². The first-order valence-corrected chi connectivity index (χ1v) is 6.07. The summed E-state index contributed by atoms with van der Waals surface area (Å²) in [5.41, 5.74) is 1.73. The van der Waals surface area contributed by atoms with E-state index in [1.807, 2.05) is 25.1 Å². The zero-order valence-corrected chi connectivity index (χ0v) is 10.1. The third-order valence-electron chi connectivity index (χ3n) is 2.66. The van der Waals surface area contributed by atoms with Gasteiger partial charge in [-0.25, -0.2) is 4.98 Å². The summed E-state index contributed by atoms with van der Waals surface area (Å²) >= 11 is 1.57. The van der Waals surface area contributed by atoms with Crippen LogP contribution < -0.4 is 9.47 Å². The number of fused-ring (bicyclic) bond motifs is 1. The Morgan fingerprint density at radius 1 is 1.35 bits per heavy atom. The molecule has 1 aromatic heterocycles. The number of thiazole rings is 1. The predicted molar refractivity (Wildman–Crippen MR) is 64.3 cm³/mol. The van der Waals surface area contributed by atoms with Crippen LogP contribution in [0, 0.1) is 6.92 Å². The van der Waals surface area contributed by atoms with Gasteiger partial charge in [0.2, 0.25) is 6.79 Å². The Morgan fingerprint density at radius 3 is 2.94 bits per heavy atom. The van der Waals surface area contributed by atoms with Crippen LogP contribution >= 0.6 is 11.3 Å². The van der Waals surface area contributed by atoms with Crippen molar-refractivity contribution in [3.05, 3.63) is 28.8 Å². The summed E-state index contributed by atoms with van der Waals surface area (Å²) in [5, 5.41) is 10.0. The first-order chi connectivity index (χ1) is 8.28. The normalized spacial score (nSPS) is 13.1. The molecule has 0 bridgehead atoms. The molecular formula is C12H11NO3S. The lowest BCUT2D eigenvalue weighted by Crippen LogP contribution is -1.92. The number of ether oxygens (including phenoxy) is 2. The fourth-order valence-corrected chi connectivity index (χ4v) is 2.65. The van der Waals surface area contributed by atoms with Gasteiger partial charge in [0, 0.05) is 10.4 Å². The van der Waals surface area contributed by atoms with Crippen molar-refractivity contribution in [2.75, 3.05) is 6.79 Å². The zero-order chi connectivity index (χ0) is 11.8. The molecule has 1 N–H and O–H groups in total. The van der Waals surface area contributed by atoms with E-state index in [1.165, 1.54) is 0 Å². The topological polar surface area (TPSA) is 51.6 Å². The van der Waals surface area contributed by atoms with Gasteiger partial charge in [0.1, 0.15) is 5.01 Å². The molecule has 2 aromatic rings. The maximum atomic E-state index is 9.13. The number of hydrogen-bond acceptors (Lipinski definition) is 5. The molecule has 5 heteroatoms. The minimum Gasteiger partial charge on any atom is -0.454 e. The fourth-order valence-electron chi connectivity index (χ4n) is 1.73.